The van der Waals surface area contributed by atoms with Gasteiger partial charge in [0.05, 0.1) is 13.2 Å². The Kier molecular flexibility index (Phi) is 2.27. The minimum Gasteiger partial charge on any atom is -0.392 e. The molecule has 0 saturated carbocycles. The highest BCUT2D eigenvalue weighted by molar-refractivity contribution is 5.72. The van der Waals surface area contributed by atoms with E-state index in [0.717, 1.165) is 25.2 Å². The van der Waals surface area contributed by atoms with E-state index in [4.69, 9.17) is 10.8 Å². The van der Waals surface area contributed by atoms with Crippen LogP contribution in [-0.2, 0) is 0 Å². The fourth-order valence-electron chi connectivity index (χ4n) is 1.49. The van der Waals surface area contributed by atoms with E-state index in [1.54, 1.807) is 0 Å². The summed E-state index contributed by atoms with van der Waals surface area (Å²) in [4.78, 5) is 0. The molecular formula is C7H15N2O+. The average molecular weight is 143 g/mol. The zero-order valence-electron chi connectivity index (χ0n) is 6.38. The average Bonchev–Trinajstić information content (AvgIpc) is 2.33. The maximum absolute atomic E-state index is 8.87. The van der Waals surface area contributed by atoms with Gasteiger partial charge in [0.1, 0.15) is 6.04 Å². The smallest absolute Gasteiger partial charge is 0.239 e. The van der Waals surface area contributed by atoms with E-state index in [0.29, 0.717) is 0 Å². The molecule has 1 fully saturated rings. The topological polar surface area (TPSA) is 49.3 Å². The number of nitrogens with two attached hydrogens (primary N) is 1. The van der Waals surface area contributed by atoms with Crippen LogP contribution in [0, 0.1) is 0 Å². The van der Waals surface area contributed by atoms with Gasteiger partial charge in [0.2, 0.25) is 5.84 Å². The van der Waals surface area contributed by atoms with Crippen LogP contribution in [0.25, 0.3) is 0 Å². The lowest BCUT2D eigenvalue weighted by atomic mass is 10.2. The maximum Gasteiger partial charge on any atom is 0.239 e. The molecular weight excluding hydrogens is 128 g/mol. The molecule has 3 heteroatoms. The second-order valence-electron chi connectivity index (χ2n) is 2.81. The van der Waals surface area contributed by atoms with Gasteiger partial charge in [-0.3, -0.25) is 10.3 Å². The van der Waals surface area contributed by atoms with Crippen molar-refractivity contribution in [3.63, 3.8) is 0 Å². The van der Waals surface area contributed by atoms with Crippen molar-refractivity contribution >= 4 is 5.84 Å². The largest absolute Gasteiger partial charge is 0.392 e. The van der Waals surface area contributed by atoms with Gasteiger partial charge < -0.3 is 5.11 Å². The Balaban J connectivity index is 2.68. The Morgan fingerprint density at radius 3 is 2.90 bits per heavy atom. The van der Waals surface area contributed by atoms with Crippen LogP contribution < -0.4 is 5.73 Å². The van der Waals surface area contributed by atoms with Crippen molar-refractivity contribution in [2.45, 2.75) is 25.8 Å². The van der Waals surface area contributed by atoms with Crippen LogP contribution in [0.15, 0.2) is 0 Å². The zero-order valence-corrected chi connectivity index (χ0v) is 6.38. The molecule has 0 aromatic rings. The van der Waals surface area contributed by atoms with Crippen molar-refractivity contribution in [3.05, 3.63) is 0 Å². The maximum atomic E-state index is 8.87. The van der Waals surface area contributed by atoms with Crippen molar-refractivity contribution in [2.75, 3.05) is 13.2 Å². The molecule has 1 aliphatic heterocycles. The van der Waals surface area contributed by atoms with Gasteiger partial charge in [0.25, 0.3) is 0 Å². The summed E-state index contributed by atoms with van der Waals surface area (Å²) in [6.07, 6.45) is 2.23. The van der Waals surface area contributed by atoms with Gasteiger partial charge in [-0.05, 0) is 12.8 Å². The molecule has 1 heterocycles. The Hall–Kier alpha value is -0.570. The summed E-state index contributed by atoms with van der Waals surface area (Å²) in [5, 5.41) is 8.87. The monoisotopic (exact) mass is 143 g/mol. The molecule has 1 atom stereocenters. The summed E-state index contributed by atoms with van der Waals surface area (Å²) in [5.74, 6) is 0.830. The van der Waals surface area contributed by atoms with Gasteiger partial charge in [-0.2, -0.15) is 0 Å². The van der Waals surface area contributed by atoms with E-state index in [1.165, 1.54) is 0 Å². The van der Waals surface area contributed by atoms with Crippen LogP contribution in [0.5, 0.6) is 0 Å². The van der Waals surface area contributed by atoms with Gasteiger partial charge in [0, 0.05) is 6.92 Å². The molecule has 1 rings (SSSR count). The first kappa shape index (κ1) is 7.54. The molecule has 3 nitrogen and oxygen atoms in total. The van der Waals surface area contributed by atoms with E-state index in [-0.39, 0.29) is 12.6 Å². The summed E-state index contributed by atoms with van der Waals surface area (Å²) in [5.41, 5.74) is 5.60. The normalized spacial score (nSPS) is 30.8. The first-order valence-electron chi connectivity index (χ1n) is 3.72. The van der Waals surface area contributed by atoms with E-state index >= 15 is 0 Å². The van der Waals surface area contributed by atoms with E-state index in [2.05, 4.69) is 4.58 Å². The number of rotatable bonds is 1. The van der Waals surface area contributed by atoms with Gasteiger partial charge >= 0.3 is 0 Å². The van der Waals surface area contributed by atoms with Crippen molar-refractivity contribution in [1.82, 2.24) is 0 Å². The van der Waals surface area contributed by atoms with Crippen LogP contribution >= 0.6 is 0 Å². The predicted molar refractivity (Wildman–Crippen MR) is 40.1 cm³/mol. The fraction of sp³-hybridized carbons (Fsp3) is 0.857. The third-order valence-corrected chi connectivity index (χ3v) is 2.04. The minimum absolute atomic E-state index is 0.231. The highest BCUT2D eigenvalue weighted by atomic mass is 16.3. The molecule has 10 heavy (non-hydrogen) atoms. The van der Waals surface area contributed by atoms with Crippen molar-refractivity contribution in [1.29, 1.82) is 0 Å². The van der Waals surface area contributed by atoms with Gasteiger partial charge in [-0.25, -0.2) is 0 Å². The second-order valence-corrected chi connectivity index (χ2v) is 2.81. The van der Waals surface area contributed by atoms with Crippen molar-refractivity contribution in [3.8, 4) is 0 Å². The molecule has 0 bridgehead atoms. The number of amidine groups is 1. The number of hydrogen-bond acceptors (Lipinski definition) is 1. The Bertz CT molecular complexity index is 150. The van der Waals surface area contributed by atoms with Crippen LogP contribution in [0.4, 0.5) is 0 Å². The second kappa shape index (κ2) is 3.01. The third kappa shape index (κ3) is 1.29. The molecule has 0 aliphatic carbocycles. The lowest BCUT2D eigenvalue weighted by Gasteiger charge is -2.07. The summed E-state index contributed by atoms with van der Waals surface area (Å²) in [7, 11) is 0. The molecule has 0 aromatic carbocycles. The summed E-state index contributed by atoms with van der Waals surface area (Å²) in [6.45, 7) is 3.12. The molecule has 0 radical (unpaired) electrons. The molecule has 58 valence electrons. The highest BCUT2D eigenvalue weighted by Crippen LogP contribution is 2.10. The van der Waals surface area contributed by atoms with Crippen LogP contribution in [0.2, 0.25) is 0 Å². The number of hydrogen-bond donors (Lipinski definition) is 2. The Morgan fingerprint density at radius 1 is 1.80 bits per heavy atom. The lowest BCUT2D eigenvalue weighted by Crippen LogP contribution is -2.32. The molecule has 0 spiro atoms. The van der Waals surface area contributed by atoms with E-state index < -0.39 is 0 Å². The van der Waals surface area contributed by atoms with Crippen LogP contribution in [-0.4, -0.2) is 34.7 Å². The third-order valence-electron chi connectivity index (χ3n) is 2.04. The Labute approximate surface area is 61.2 Å². The molecule has 1 unspecified atom stereocenters. The first-order chi connectivity index (χ1) is 4.75. The first-order valence-corrected chi connectivity index (χ1v) is 3.72. The van der Waals surface area contributed by atoms with Crippen LogP contribution in [0.1, 0.15) is 19.8 Å². The highest BCUT2D eigenvalue weighted by Gasteiger charge is 2.23. The molecule has 0 amide bonds. The lowest BCUT2D eigenvalue weighted by molar-refractivity contribution is -0.548. The summed E-state index contributed by atoms with van der Waals surface area (Å²) in [6, 6.07) is 0.282. The SMILES string of the molecule is CC(N)=[N+]1CCCC1CO. The molecule has 1 aliphatic rings. The van der Waals surface area contributed by atoms with Crippen molar-refractivity contribution < 1.29 is 9.68 Å². The molecule has 1 saturated heterocycles. The van der Waals surface area contributed by atoms with Crippen molar-refractivity contribution in [2.24, 2.45) is 5.73 Å². The van der Waals surface area contributed by atoms with Gasteiger partial charge in [-0.1, -0.05) is 0 Å². The summed E-state index contributed by atoms with van der Waals surface area (Å²) < 4.78 is 2.07. The van der Waals surface area contributed by atoms with E-state index in [1.807, 2.05) is 6.92 Å². The molecule has 0 aromatic heterocycles. The fourth-order valence-corrected chi connectivity index (χ4v) is 1.49. The molecule has 3 N–H and O–H groups in total. The summed E-state index contributed by atoms with van der Waals surface area (Å²) >= 11 is 0. The predicted octanol–water partition coefficient (Wildman–Crippen LogP) is -0.469. The quantitative estimate of drug-likeness (QED) is 0.385. The van der Waals surface area contributed by atoms with Gasteiger partial charge in [0.15, 0.2) is 0 Å². The van der Waals surface area contributed by atoms with E-state index in [9.17, 15) is 0 Å². The number of aliphatic hydroxyl groups excluding tert-OH is 1. The Morgan fingerprint density at radius 2 is 2.50 bits per heavy atom. The standard InChI is InChI=1S/C7H14N2O/c1-6(8)9-4-2-3-7(9)5-10/h7-8,10H,2-5H2,1H3/p+1. The number of nitrogens with zero attached hydrogens (tertiary/aromatic N) is 1. The zero-order chi connectivity index (χ0) is 7.56. The minimum atomic E-state index is 0.231. The number of aliphatic hydroxyl groups is 1. The van der Waals surface area contributed by atoms with Crippen LogP contribution in [0.3, 0.4) is 0 Å². The van der Waals surface area contributed by atoms with Gasteiger partial charge in [-0.15, -0.1) is 0 Å².